The van der Waals surface area contributed by atoms with Crippen molar-refractivity contribution in [3.63, 3.8) is 0 Å². The summed E-state index contributed by atoms with van der Waals surface area (Å²) in [5.74, 6) is -0.656. The lowest BCUT2D eigenvalue weighted by Crippen LogP contribution is -2.31. The van der Waals surface area contributed by atoms with Gasteiger partial charge in [-0.3, -0.25) is 4.79 Å². The molecule has 0 heterocycles. The second kappa shape index (κ2) is 2.65. The van der Waals surface area contributed by atoms with Crippen molar-refractivity contribution in [1.29, 1.82) is 0 Å². The van der Waals surface area contributed by atoms with Crippen molar-refractivity contribution in [2.75, 3.05) is 0 Å². The van der Waals surface area contributed by atoms with Crippen molar-refractivity contribution in [3.8, 4) is 0 Å². The molecule has 1 amide bonds. The highest BCUT2D eigenvalue weighted by atomic mass is 32.2. The van der Waals surface area contributed by atoms with Gasteiger partial charge in [0.1, 0.15) is 0 Å². The molecule has 0 aromatic rings. The molecule has 1 fully saturated rings. The summed E-state index contributed by atoms with van der Waals surface area (Å²) >= 11 is 0. The Balaban J connectivity index is 2.59. The van der Waals surface area contributed by atoms with E-state index in [4.69, 9.17) is 0 Å². The largest absolute Gasteiger partial charge is 0.269 e. The Kier molecular flexibility index (Phi) is 1.99. The van der Waals surface area contributed by atoms with E-state index in [1.54, 1.807) is 0 Å². The van der Waals surface area contributed by atoms with Crippen molar-refractivity contribution in [2.45, 2.75) is 18.1 Å². The van der Waals surface area contributed by atoms with E-state index in [1.165, 1.54) is 0 Å². The first-order valence-electron chi connectivity index (χ1n) is 3.24. The first kappa shape index (κ1) is 8.26. The number of amides is 1. The van der Waals surface area contributed by atoms with E-state index in [0.29, 0.717) is 12.8 Å². The molecule has 4 nitrogen and oxygen atoms in total. The lowest BCUT2D eigenvalue weighted by molar-refractivity contribution is -0.114. The van der Waals surface area contributed by atoms with Gasteiger partial charge in [-0.25, -0.2) is 13.1 Å². The number of carbonyl (C=O) groups is 1. The van der Waals surface area contributed by atoms with Crippen molar-refractivity contribution < 1.29 is 13.2 Å². The average Bonchev–Trinajstić information content (AvgIpc) is 2.66. The van der Waals surface area contributed by atoms with Crippen LogP contribution in [0.15, 0.2) is 12.7 Å². The van der Waals surface area contributed by atoms with Crippen LogP contribution in [0, 0.1) is 0 Å². The zero-order chi connectivity index (χ0) is 8.48. The second-order valence-electron chi connectivity index (χ2n) is 2.41. The summed E-state index contributed by atoms with van der Waals surface area (Å²) in [5, 5.41) is -0.355. The van der Waals surface area contributed by atoms with Crippen LogP contribution in [-0.2, 0) is 14.8 Å². The van der Waals surface area contributed by atoms with Crippen LogP contribution in [0.4, 0.5) is 0 Å². The van der Waals surface area contributed by atoms with Gasteiger partial charge < -0.3 is 0 Å². The molecule has 0 aromatic carbocycles. The zero-order valence-corrected chi connectivity index (χ0v) is 6.73. The maximum atomic E-state index is 11.0. The van der Waals surface area contributed by atoms with E-state index in [1.807, 2.05) is 4.72 Å². The molecule has 0 spiro atoms. The summed E-state index contributed by atoms with van der Waals surface area (Å²) in [7, 11) is -3.37. The summed E-state index contributed by atoms with van der Waals surface area (Å²) in [5.41, 5.74) is 0. The van der Waals surface area contributed by atoms with Gasteiger partial charge in [-0.1, -0.05) is 6.58 Å². The first-order chi connectivity index (χ1) is 5.06. The molecule has 0 saturated heterocycles. The van der Waals surface area contributed by atoms with Crippen LogP contribution in [0.1, 0.15) is 12.8 Å². The number of hydrogen-bond donors (Lipinski definition) is 1. The normalized spacial score (nSPS) is 17.5. The maximum absolute atomic E-state index is 11.0. The van der Waals surface area contributed by atoms with Gasteiger partial charge in [0.15, 0.2) is 0 Å². The van der Waals surface area contributed by atoms with E-state index in [9.17, 15) is 13.2 Å². The minimum atomic E-state index is -3.37. The van der Waals surface area contributed by atoms with Crippen LogP contribution in [0.3, 0.4) is 0 Å². The predicted molar refractivity (Wildman–Crippen MR) is 40.3 cm³/mol. The van der Waals surface area contributed by atoms with E-state index in [-0.39, 0.29) is 5.25 Å². The van der Waals surface area contributed by atoms with Gasteiger partial charge in [0.05, 0.1) is 5.25 Å². The Bertz CT molecular complexity index is 276. The molecule has 0 aliphatic heterocycles. The van der Waals surface area contributed by atoms with E-state index < -0.39 is 15.9 Å². The number of nitrogens with one attached hydrogen (secondary N) is 1. The Morgan fingerprint density at radius 3 is 2.45 bits per heavy atom. The highest BCUT2D eigenvalue weighted by molar-refractivity contribution is 7.91. The van der Waals surface area contributed by atoms with Gasteiger partial charge in [0.25, 0.3) is 5.91 Å². The van der Waals surface area contributed by atoms with Crippen LogP contribution in [0.25, 0.3) is 0 Å². The third-order valence-electron chi connectivity index (χ3n) is 1.39. The molecule has 62 valence electrons. The van der Waals surface area contributed by atoms with Gasteiger partial charge >= 0.3 is 0 Å². The highest BCUT2D eigenvalue weighted by Crippen LogP contribution is 2.27. The molecule has 0 aromatic heterocycles. The molecule has 1 aliphatic carbocycles. The zero-order valence-electron chi connectivity index (χ0n) is 5.91. The van der Waals surface area contributed by atoms with Crippen LogP contribution in [0.2, 0.25) is 0 Å². The Morgan fingerprint density at radius 2 is 2.09 bits per heavy atom. The monoisotopic (exact) mass is 175 g/mol. The first-order valence-corrected chi connectivity index (χ1v) is 4.79. The van der Waals surface area contributed by atoms with Gasteiger partial charge in [-0.2, -0.15) is 0 Å². The fourth-order valence-corrected chi connectivity index (χ4v) is 1.93. The molecule has 11 heavy (non-hydrogen) atoms. The van der Waals surface area contributed by atoms with Gasteiger partial charge in [-0.15, -0.1) is 0 Å². The maximum Gasteiger partial charge on any atom is 0.256 e. The lowest BCUT2D eigenvalue weighted by atomic mass is 10.6. The minimum absolute atomic E-state index is 0.355. The predicted octanol–water partition coefficient (Wildman–Crippen LogP) is -0.219. The van der Waals surface area contributed by atoms with Crippen molar-refractivity contribution in [3.05, 3.63) is 12.7 Å². The van der Waals surface area contributed by atoms with Gasteiger partial charge in [-0.05, 0) is 18.9 Å². The molecule has 1 saturated carbocycles. The molecule has 0 radical (unpaired) electrons. The molecule has 1 rings (SSSR count). The fraction of sp³-hybridized carbons (Fsp3) is 0.500. The standard InChI is InChI=1S/C6H9NO3S/c1-2-6(8)7-11(9,10)5-3-4-5/h2,5H,1,3-4H2,(H,7,8). The summed E-state index contributed by atoms with van der Waals surface area (Å²) in [6.45, 7) is 3.15. The van der Waals surface area contributed by atoms with E-state index in [2.05, 4.69) is 6.58 Å². The summed E-state index contributed by atoms with van der Waals surface area (Å²) in [6.07, 6.45) is 2.25. The molecular formula is C6H9NO3S. The summed E-state index contributed by atoms with van der Waals surface area (Å²) in [4.78, 5) is 10.6. The minimum Gasteiger partial charge on any atom is -0.269 e. The molecular weight excluding hydrogens is 166 g/mol. The fourth-order valence-electron chi connectivity index (χ4n) is 0.644. The van der Waals surface area contributed by atoms with Crippen molar-refractivity contribution in [2.24, 2.45) is 0 Å². The molecule has 5 heteroatoms. The topological polar surface area (TPSA) is 63.2 Å². The summed E-state index contributed by atoms with van der Waals surface area (Å²) < 4.78 is 23.8. The quantitative estimate of drug-likeness (QED) is 0.603. The molecule has 0 unspecified atom stereocenters. The lowest BCUT2D eigenvalue weighted by Gasteiger charge is -2.00. The van der Waals surface area contributed by atoms with Crippen LogP contribution < -0.4 is 4.72 Å². The Hall–Kier alpha value is -0.840. The Morgan fingerprint density at radius 1 is 1.55 bits per heavy atom. The third-order valence-corrected chi connectivity index (χ3v) is 3.23. The van der Waals surface area contributed by atoms with Gasteiger partial charge in [0.2, 0.25) is 10.0 Å². The molecule has 1 N–H and O–H groups in total. The van der Waals surface area contributed by atoms with Crippen LogP contribution in [0.5, 0.6) is 0 Å². The third kappa shape index (κ3) is 2.04. The smallest absolute Gasteiger partial charge is 0.256 e. The second-order valence-corrected chi connectivity index (χ2v) is 4.38. The van der Waals surface area contributed by atoms with E-state index in [0.717, 1.165) is 6.08 Å². The van der Waals surface area contributed by atoms with Crippen LogP contribution in [-0.4, -0.2) is 19.6 Å². The van der Waals surface area contributed by atoms with Gasteiger partial charge in [0, 0.05) is 0 Å². The molecule has 0 atom stereocenters. The number of rotatable bonds is 3. The number of sulfonamides is 1. The number of carbonyl (C=O) groups excluding carboxylic acids is 1. The van der Waals surface area contributed by atoms with Crippen molar-refractivity contribution >= 4 is 15.9 Å². The number of hydrogen-bond acceptors (Lipinski definition) is 3. The Labute approximate surface area is 65.3 Å². The SMILES string of the molecule is C=CC(=O)NS(=O)(=O)C1CC1. The molecule has 0 bridgehead atoms. The van der Waals surface area contributed by atoms with E-state index >= 15 is 0 Å². The van der Waals surface area contributed by atoms with Crippen molar-refractivity contribution in [1.82, 2.24) is 4.72 Å². The van der Waals surface area contributed by atoms with Crippen LogP contribution >= 0.6 is 0 Å². The average molecular weight is 175 g/mol. The summed E-state index contributed by atoms with van der Waals surface area (Å²) in [6, 6.07) is 0. The highest BCUT2D eigenvalue weighted by Gasteiger charge is 2.36. The molecule has 1 aliphatic rings.